The first-order valence-electron chi connectivity index (χ1n) is 4.46. The Balaban J connectivity index is 2.41. The van der Waals surface area contributed by atoms with Crippen LogP contribution < -0.4 is 0 Å². The quantitative estimate of drug-likeness (QED) is 0.630. The van der Waals surface area contributed by atoms with E-state index >= 15 is 0 Å². The van der Waals surface area contributed by atoms with Gasteiger partial charge < -0.3 is 4.74 Å². The Morgan fingerprint density at radius 2 is 2.14 bits per heavy atom. The van der Waals surface area contributed by atoms with Crippen molar-refractivity contribution in [2.24, 2.45) is 4.99 Å². The molecule has 0 spiro atoms. The van der Waals surface area contributed by atoms with Crippen molar-refractivity contribution in [3.8, 4) is 0 Å². The fourth-order valence-corrected chi connectivity index (χ4v) is 1.67. The highest BCUT2D eigenvalue weighted by Crippen LogP contribution is 2.27. The predicted molar refractivity (Wildman–Crippen MR) is 54.7 cm³/mol. The van der Waals surface area contributed by atoms with Crippen LogP contribution in [0.1, 0.15) is 5.56 Å². The number of aliphatic imine (C=N–C) groups is 1. The number of ether oxygens (including phenoxy) is 1. The average molecular weight is 184 g/mol. The number of aromatic nitrogens is 1. The molecule has 3 nitrogen and oxygen atoms in total. The Labute approximate surface area is 81.1 Å². The molecule has 3 heteroatoms. The van der Waals surface area contributed by atoms with Crippen molar-refractivity contribution < 1.29 is 4.74 Å². The van der Waals surface area contributed by atoms with Gasteiger partial charge in [0.2, 0.25) is 0 Å². The van der Waals surface area contributed by atoms with Gasteiger partial charge >= 0.3 is 0 Å². The highest BCUT2D eigenvalue weighted by molar-refractivity contribution is 5.88. The van der Waals surface area contributed by atoms with Gasteiger partial charge in [0.05, 0.1) is 0 Å². The molecule has 1 aliphatic rings. The Bertz CT molecular complexity index is 520. The average Bonchev–Trinajstić information content (AvgIpc) is 2.29. The molecule has 14 heavy (non-hydrogen) atoms. The number of fused-ring (bicyclic) bond motifs is 3. The third kappa shape index (κ3) is 0.988. The summed E-state index contributed by atoms with van der Waals surface area (Å²) in [6.45, 7) is 0.563. The maximum Gasteiger partial charge on any atom is 0.176 e. The van der Waals surface area contributed by atoms with E-state index in [1.165, 1.54) is 11.8 Å². The van der Waals surface area contributed by atoms with Crippen molar-refractivity contribution in [1.82, 2.24) is 4.98 Å². The molecular weight excluding hydrogens is 176 g/mol. The zero-order valence-corrected chi connectivity index (χ0v) is 7.47. The zero-order valence-electron chi connectivity index (χ0n) is 7.47. The summed E-state index contributed by atoms with van der Waals surface area (Å²) < 4.78 is 5.17. The molecule has 0 amide bonds. The van der Waals surface area contributed by atoms with E-state index < -0.39 is 0 Å². The predicted octanol–water partition coefficient (Wildman–Crippen LogP) is 2.42. The van der Waals surface area contributed by atoms with Crippen LogP contribution in [-0.4, -0.2) is 11.4 Å². The minimum absolute atomic E-state index is 0.563. The number of hydrogen-bond acceptors (Lipinski definition) is 3. The van der Waals surface area contributed by atoms with Gasteiger partial charge in [-0.15, -0.1) is 0 Å². The summed E-state index contributed by atoms with van der Waals surface area (Å²) in [6, 6.07) is 8.13. The molecule has 68 valence electrons. The number of benzene rings is 1. The van der Waals surface area contributed by atoms with Gasteiger partial charge in [-0.1, -0.05) is 24.3 Å². The summed E-state index contributed by atoms with van der Waals surface area (Å²) in [5, 5.41) is 2.31. The second kappa shape index (κ2) is 2.80. The molecule has 0 bridgehead atoms. The minimum Gasteiger partial charge on any atom is -0.478 e. The standard InChI is InChI=1S/C11H8N2O/c1-2-4-9-8(3-1)5-12-11-10(9)6-14-7-13-11/h1-5,7H,6H2. The van der Waals surface area contributed by atoms with E-state index in [2.05, 4.69) is 16.0 Å². The monoisotopic (exact) mass is 184 g/mol. The Morgan fingerprint density at radius 3 is 3.14 bits per heavy atom. The number of nitrogens with zero attached hydrogens (tertiary/aromatic N) is 2. The third-order valence-corrected chi connectivity index (χ3v) is 2.36. The molecule has 2 aromatic rings. The summed E-state index contributed by atoms with van der Waals surface area (Å²) in [5.74, 6) is 0.773. The van der Waals surface area contributed by atoms with E-state index in [9.17, 15) is 0 Å². The van der Waals surface area contributed by atoms with E-state index in [1.807, 2.05) is 24.4 Å². The van der Waals surface area contributed by atoms with Crippen molar-refractivity contribution >= 4 is 23.0 Å². The highest BCUT2D eigenvalue weighted by Gasteiger charge is 2.10. The van der Waals surface area contributed by atoms with Crippen LogP contribution in [0.2, 0.25) is 0 Å². The number of hydrogen-bond donors (Lipinski definition) is 0. The lowest BCUT2D eigenvalue weighted by Crippen LogP contribution is -1.99. The number of pyridine rings is 1. The van der Waals surface area contributed by atoms with Crippen LogP contribution in [0.25, 0.3) is 10.8 Å². The van der Waals surface area contributed by atoms with Gasteiger partial charge in [-0.05, 0) is 5.39 Å². The van der Waals surface area contributed by atoms with Crippen LogP contribution in [0.5, 0.6) is 0 Å². The van der Waals surface area contributed by atoms with Gasteiger partial charge in [0.25, 0.3) is 0 Å². The van der Waals surface area contributed by atoms with Gasteiger partial charge in [-0.2, -0.15) is 0 Å². The first kappa shape index (κ1) is 7.50. The molecule has 0 N–H and O–H groups in total. The maximum absolute atomic E-state index is 5.17. The molecule has 1 aromatic heterocycles. The fourth-order valence-electron chi connectivity index (χ4n) is 1.67. The SMILES string of the molecule is C1=Nc2ncc3ccccc3c2CO1. The second-order valence-corrected chi connectivity index (χ2v) is 3.19. The molecule has 0 radical (unpaired) electrons. The summed E-state index contributed by atoms with van der Waals surface area (Å²) >= 11 is 0. The number of rotatable bonds is 0. The van der Waals surface area contributed by atoms with Gasteiger partial charge in [0.15, 0.2) is 12.2 Å². The molecule has 0 saturated heterocycles. The summed E-state index contributed by atoms with van der Waals surface area (Å²) in [7, 11) is 0. The van der Waals surface area contributed by atoms with Gasteiger partial charge in [-0.3, -0.25) is 0 Å². The lowest BCUT2D eigenvalue weighted by molar-refractivity contribution is 0.304. The fraction of sp³-hybridized carbons (Fsp3) is 0.0909. The molecule has 0 aliphatic carbocycles. The van der Waals surface area contributed by atoms with Crippen molar-refractivity contribution in [3.63, 3.8) is 0 Å². The van der Waals surface area contributed by atoms with Gasteiger partial charge in [0.1, 0.15) is 6.61 Å². The van der Waals surface area contributed by atoms with Crippen LogP contribution in [0, 0.1) is 0 Å². The molecule has 0 atom stereocenters. The minimum atomic E-state index is 0.563. The van der Waals surface area contributed by atoms with E-state index in [4.69, 9.17) is 4.74 Å². The van der Waals surface area contributed by atoms with Crippen LogP contribution in [0.4, 0.5) is 5.82 Å². The molecule has 2 heterocycles. The Kier molecular flexibility index (Phi) is 1.50. The van der Waals surface area contributed by atoms with Gasteiger partial charge in [0, 0.05) is 17.1 Å². The molecule has 3 rings (SSSR count). The molecule has 1 aromatic carbocycles. The van der Waals surface area contributed by atoms with Crippen LogP contribution in [0.3, 0.4) is 0 Å². The van der Waals surface area contributed by atoms with Crippen molar-refractivity contribution in [2.75, 3.05) is 0 Å². The molecular formula is C11H8N2O. The second-order valence-electron chi connectivity index (χ2n) is 3.19. The maximum atomic E-state index is 5.17. The smallest absolute Gasteiger partial charge is 0.176 e. The van der Waals surface area contributed by atoms with Crippen molar-refractivity contribution in [1.29, 1.82) is 0 Å². The highest BCUT2D eigenvalue weighted by atomic mass is 16.5. The van der Waals surface area contributed by atoms with E-state index in [1.54, 1.807) is 0 Å². The van der Waals surface area contributed by atoms with Crippen molar-refractivity contribution in [3.05, 3.63) is 36.0 Å². The molecule has 0 fully saturated rings. The molecule has 0 unspecified atom stereocenters. The Morgan fingerprint density at radius 1 is 1.21 bits per heavy atom. The zero-order chi connectivity index (χ0) is 9.38. The van der Waals surface area contributed by atoms with Crippen LogP contribution in [-0.2, 0) is 11.3 Å². The summed E-state index contributed by atoms with van der Waals surface area (Å²) in [6.07, 6.45) is 3.29. The largest absolute Gasteiger partial charge is 0.478 e. The summed E-state index contributed by atoms with van der Waals surface area (Å²) in [4.78, 5) is 8.35. The summed E-state index contributed by atoms with van der Waals surface area (Å²) in [5.41, 5.74) is 1.07. The first-order valence-corrected chi connectivity index (χ1v) is 4.46. The Hall–Kier alpha value is -1.90. The topological polar surface area (TPSA) is 34.5 Å². The lowest BCUT2D eigenvalue weighted by Gasteiger charge is -2.11. The van der Waals surface area contributed by atoms with Crippen molar-refractivity contribution in [2.45, 2.75) is 6.61 Å². The van der Waals surface area contributed by atoms with Crippen LogP contribution in [0.15, 0.2) is 35.5 Å². The van der Waals surface area contributed by atoms with E-state index in [0.29, 0.717) is 6.61 Å². The first-order chi connectivity index (χ1) is 6.95. The van der Waals surface area contributed by atoms with E-state index in [0.717, 1.165) is 16.8 Å². The molecule has 0 saturated carbocycles. The van der Waals surface area contributed by atoms with E-state index in [-0.39, 0.29) is 0 Å². The van der Waals surface area contributed by atoms with Crippen LogP contribution >= 0.6 is 0 Å². The normalized spacial score (nSPS) is 13.7. The lowest BCUT2D eigenvalue weighted by atomic mass is 10.1. The molecule has 1 aliphatic heterocycles. The van der Waals surface area contributed by atoms with Gasteiger partial charge in [-0.25, -0.2) is 9.98 Å². The third-order valence-electron chi connectivity index (χ3n) is 2.36.